The van der Waals surface area contributed by atoms with Crippen molar-refractivity contribution < 1.29 is 23.5 Å². The number of ketones is 1. The fraction of sp³-hybridized carbons (Fsp3) is 0.229. The molecular weight excluding hydrogens is 531 g/mol. The third kappa shape index (κ3) is 8.36. The van der Waals surface area contributed by atoms with Gasteiger partial charge in [-0.15, -0.1) is 0 Å². The molecule has 0 aromatic heterocycles. The van der Waals surface area contributed by atoms with Gasteiger partial charge in [-0.3, -0.25) is 14.4 Å². The van der Waals surface area contributed by atoms with Crippen molar-refractivity contribution in [2.75, 3.05) is 11.9 Å². The van der Waals surface area contributed by atoms with E-state index in [0.717, 1.165) is 12.0 Å². The van der Waals surface area contributed by atoms with Gasteiger partial charge in [0, 0.05) is 30.6 Å². The van der Waals surface area contributed by atoms with Crippen LogP contribution in [0.2, 0.25) is 0 Å². The molecule has 1 aliphatic rings. The van der Waals surface area contributed by atoms with Gasteiger partial charge in [0.05, 0.1) is 0 Å². The van der Waals surface area contributed by atoms with Gasteiger partial charge >= 0.3 is 0 Å². The van der Waals surface area contributed by atoms with Gasteiger partial charge in [0.15, 0.2) is 5.78 Å². The fourth-order valence-electron chi connectivity index (χ4n) is 5.00. The second-order valence-electron chi connectivity index (χ2n) is 10.2. The monoisotopic (exact) mass is 566 g/mol. The maximum absolute atomic E-state index is 13.5. The first kappa shape index (κ1) is 30.2. The predicted molar refractivity (Wildman–Crippen MR) is 163 cm³/mol. The van der Waals surface area contributed by atoms with E-state index >= 15 is 0 Å². The van der Waals surface area contributed by atoms with Gasteiger partial charge in [-0.25, -0.2) is 4.39 Å². The number of likely N-dealkylation sites (tertiary alicyclic amines) is 1. The molecule has 7 heteroatoms. The topological polar surface area (TPSA) is 75.7 Å². The molecule has 1 N–H and O–H groups in total. The quantitative estimate of drug-likeness (QED) is 0.188. The zero-order valence-electron chi connectivity index (χ0n) is 23.7. The molecule has 1 saturated heterocycles. The van der Waals surface area contributed by atoms with Gasteiger partial charge in [-0.1, -0.05) is 61.2 Å². The number of amides is 2. The smallest absolute Gasteiger partial charge is 0.247 e. The van der Waals surface area contributed by atoms with Gasteiger partial charge in [-0.2, -0.15) is 0 Å². The van der Waals surface area contributed by atoms with Crippen molar-refractivity contribution >= 4 is 23.3 Å². The van der Waals surface area contributed by atoms with Crippen molar-refractivity contribution in [3.63, 3.8) is 0 Å². The van der Waals surface area contributed by atoms with E-state index < -0.39 is 6.04 Å². The summed E-state index contributed by atoms with van der Waals surface area (Å²) in [5.41, 5.74) is 2.16. The molecule has 1 fully saturated rings. The Bertz CT molecular complexity index is 1450. The fourth-order valence-corrected chi connectivity index (χ4v) is 5.00. The van der Waals surface area contributed by atoms with E-state index in [4.69, 9.17) is 4.74 Å². The largest absolute Gasteiger partial charge is 0.457 e. The zero-order valence-corrected chi connectivity index (χ0v) is 23.7. The van der Waals surface area contributed by atoms with Crippen LogP contribution >= 0.6 is 0 Å². The minimum atomic E-state index is -0.658. The third-order valence-electron chi connectivity index (χ3n) is 7.13. The molecule has 0 radical (unpaired) electrons. The summed E-state index contributed by atoms with van der Waals surface area (Å²) in [4.78, 5) is 41.1. The average Bonchev–Trinajstić information content (AvgIpc) is 3.43. The van der Waals surface area contributed by atoms with Crippen LogP contribution in [0.3, 0.4) is 0 Å². The van der Waals surface area contributed by atoms with Crippen molar-refractivity contribution in [3.05, 3.63) is 127 Å². The lowest BCUT2D eigenvalue weighted by Crippen LogP contribution is -2.43. The van der Waals surface area contributed by atoms with E-state index in [1.807, 2.05) is 43.3 Å². The molecule has 0 spiro atoms. The minimum Gasteiger partial charge on any atom is -0.457 e. The summed E-state index contributed by atoms with van der Waals surface area (Å²) in [6.07, 6.45) is 8.06. The number of benzene rings is 3. The van der Waals surface area contributed by atoms with Crippen molar-refractivity contribution in [2.24, 2.45) is 5.92 Å². The number of halogens is 1. The lowest BCUT2D eigenvalue weighted by molar-refractivity contribution is -0.137. The van der Waals surface area contributed by atoms with E-state index in [2.05, 4.69) is 11.9 Å². The summed E-state index contributed by atoms with van der Waals surface area (Å²) < 4.78 is 18.9. The lowest BCUT2D eigenvalue weighted by atomic mass is 9.96. The average molecular weight is 567 g/mol. The van der Waals surface area contributed by atoms with Crippen molar-refractivity contribution in [2.45, 2.75) is 38.6 Å². The van der Waals surface area contributed by atoms with Gasteiger partial charge < -0.3 is 15.0 Å². The molecule has 6 nitrogen and oxygen atoms in total. The summed E-state index contributed by atoms with van der Waals surface area (Å²) in [6, 6.07) is 21.9. The molecule has 0 bridgehead atoms. The molecular formula is C35H35FN2O4. The molecule has 216 valence electrons. The molecule has 3 aromatic rings. The van der Waals surface area contributed by atoms with E-state index in [9.17, 15) is 18.8 Å². The molecule has 1 heterocycles. The molecule has 2 atom stereocenters. The number of hydrogen-bond acceptors (Lipinski definition) is 4. The van der Waals surface area contributed by atoms with Crippen LogP contribution in [-0.2, 0) is 20.8 Å². The van der Waals surface area contributed by atoms with E-state index in [1.54, 1.807) is 41.3 Å². The number of carbonyl (C=O) groups excluding carboxylic acids is 3. The summed E-state index contributed by atoms with van der Waals surface area (Å²) in [7, 11) is 0. The molecule has 0 saturated carbocycles. The first-order chi connectivity index (χ1) is 20.4. The maximum Gasteiger partial charge on any atom is 0.247 e. The molecule has 1 aliphatic heterocycles. The summed E-state index contributed by atoms with van der Waals surface area (Å²) in [6.45, 7) is 5.99. The summed E-state index contributed by atoms with van der Waals surface area (Å²) >= 11 is 0. The molecule has 0 unspecified atom stereocenters. The Morgan fingerprint density at radius 3 is 2.29 bits per heavy atom. The zero-order chi connectivity index (χ0) is 29.9. The highest BCUT2D eigenvalue weighted by molar-refractivity contribution is 6.01. The number of nitrogens with one attached hydrogen (secondary N) is 1. The highest BCUT2D eigenvalue weighted by atomic mass is 19.1. The van der Waals surface area contributed by atoms with Gasteiger partial charge in [0.25, 0.3) is 0 Å². The molecule has 0 aliphatic carbocycles. The first-order valence-corrected chi connectivity index (χ1v) is 14.0. The van der Waals surface area contributed by atoms with Gasteiger partial charge in [0.2, 0.25) is 11.8 Å². The predicted octanol–water partition coefficient (Wildman–Crippen LogP) is 7.05. The normalized spacial score (nSPS) is 16.8. The maximum atomic E-state index is 13.5. The Labute approximate surface area is 246 Å². The van der Waals surface area contributed by atoms with Crippen LogP contribution in [0, 0.1) is 11.7 Å². The van der Waals surface area contributed by atoms with Crippen molar-refractivity contribution in [1.29, 1.82) is 0 Å². The molecule has 3 aromatic carbocycles. The number of hydrogen-bond donors (Lipinski definition) is 1. The second-order valence-corrected chi connectivity index (χ2v) is 10.2. The lowest BCUT2D eigenvalue weighted by Gasteiger charge is -2.24. The number of rotatable bonds is 12. The van der Waals surface area contributed by atoms with Crippen LogP contribution in [0.25, 0.3) is 0 Å². The highest BCUT2D eigenvalue weighted by Gasteiger charge is 2.39. The van der Waals surface area contributed by atoms with Crippen molar-refractivity contribution in [3.8, 4) is 11.5 Å². The number of nitrogens with zero attached hydrogens (tertiary/aromatic N) is 1. The van der Waals surface area contributed by atoms with E-state index in [1.165, 1.54) is 30.3 Å². The van der Waals surface area contributed by atoms with Crippen LogP contribution in [0.4, 0.5) is 10.1 Å². The first-order valence-electron chi connectivity index (χ1n) is 14.0. The van der Waals surface area contributed by atoms with Crippen LogP contribution < -0.4 is 10.1 Å². The molecule has 2 amide bonds. The highest BCUT2D eigenvalue weighted by Crippen LogP contribution is 2.29. The Morgan fingerprint density at radius 2 is 1.64 bits per heavy atom. The number of ether oxygens (including phenoxy) is 1. The number of anilines is 1. The third-order valence-corrected chi connectivity index (χ3v) is 7.13. The number of Topliss-reactive ketones (excluding diaryl/α,β-unsaturated/α-hetero) is 1. The van der Waals surface area contributed by atoms with Crippen LogP contribution in [-0.4, -0.2) is 35.1 Å². The van der Waals surface area contributed by atoms with E-state index in [0.29, 0.717) is 35.7 Å². The van der Waals surface area contributed by atoms with Gasteiger partial charge in [-0.05, 0) is 79.8 Å². The standard InChI is InChI=1S/C35H35FN2O4/c1-3-5-11-27(4-2)33(39)20-21-34(40)38-24-26(22-25-9-7-6-8-10-25)23-32(38)35(41)37-29-14-18-31(19-15-29)42-30-16-12-28(36)13-17-30/h3-19,26,32H,2,20-24H2,1H3,(H,37,41)/b5-3-,27-11+/t26-,32+/m1/s1. The van der Waals surface area contributed by atoms with Crippen molar-refractivity contribution in [1.82, 2.24) is 4.90 Å². The SMILES string of the molecule is C=C/C(=C\C=C/C)C(=O)CCC(=O)N1C[C@H](Cc2ccccc2)C[C@H]1C(=O)Nc1ccc(Oc2ccc(F)cc2)cc1. The van der Waals surface area contributed by atoms with Crippen LogP contribution in [0.1, 0.15) is 31.7 Å². The minimum absolute atomic E-state index is 0.0110. The number of carbonyl (C=O) groups is 3. The Hall–Kier alpha value is -4.78. The molecule has 4 rings (SSSR count). The number of allylic oxidation sites excluding steroid dienone is 5. The second kappa shape index (κ2) is 14.7. The Morgan fingerprint density at radius 1 is 0.976 bits per heavy atom. The van der Waals surface area contributed by atoms with Crippen LogP contribution in [0.5, 0.6) is 11.5 Å². The Balaban J connectivity index is 1.43. The van der Waals surface area contributed by atoms with Gasteiger partial charge in [0.1, 0.15) is 23.4 Å². The summed E-state index contributed by atoms with van der Waals surface area (Å²) in [5, 5.41) is 2.93. The summed E-state index contributed by atoms with van der Waals surface area (Å²) in [5.74, 6) is 0.114. The van der Waals surface area contributed by atoms with E-state index in [-0.39, 0.29) is 42.2 Å². The molecule has 42 heavy (non-hydrogen) atoms. The van der Waals surface area contributed by atoms with Crippen LogP contribution in [0.15, 0.2) is 115 Å². The Kier molecular flexibility index (Phi) is 10.6.